The molecule has 32 heavy (non-hydrogen) atoms. The van der Waals surface area contributed by atoms with Crippen LogP contribution in [0.15, 0.2) is 30.5 Å². The van der Waals surface area contributed by atoms with Crippen LogP contribution in [0.2, 0.25) is 23.4 Å². The topological polar surface area (TPSA) is 96.4 Å². The maximum absolute atomic E-state index is 13.0. The second-order valence-corrected chi connectivity index (χ2v) is 15.1. The third kappa shape index (κ3) is 5.48. The first-order chi connectivity index (χ1) is 14.9. The Balaban J connectivity index is 1.73. The molecule has 1 heterocycles. The van der Waals surface area contributed by atoms with Gasteiger partial charge in [0, 0.05) is 18.7 Å². The van der Waals surface area contributed by atoms with Crippen molar-refractivity contribution >= 4 is 31.6 Å². The minimum Gasteiger partial charge on any atom is -0.415 e. The molecule has 0 spiro atoms. The van der Waals surface area contributed by atoms with E-state index in [-0.39, 0.29) is 33.9 Å². The monoisotopic (exact) mass is 476 g/mol. The third-order valence-corrected chi connectivity index (χ3v) is 11.1. The quantitative estimate of drug-likeness (QED) is 0.406. The zero-order valence-corrected chi connectivity index (χ0v) is 21.3. The van der Waals surface area contributed by atoms with Gasteiger partial charge in [0.2, 0.25) is 5.28 Å². The number of aliphatic hydroxyl groups excluding tert-OH is 1. The molecule has 1 aliphatic rings. The molecule has 0 fully saturated rings. The molecule has 174 valence electrons. The first kappa shape index (κ1) is 24.6. The van der Waals surface area contributed by atoms with E-state index in [1.54, 1.807) is 0 Å². The van der Waals surface area contributed by atoms with E-state index in [0.29, 0.717) is 18.8 Å². The summed E-state index contributed by atoms with van der Waals surface area (Å²) < 4.78 is 6.23. The molecular weight excluding hydrogens is 444 g/mol. The van der Waals surface area contributed by atoms with Crippen molar-refractivity contribution in [2.75, 3.05) is 11.9 Å². The Morgan fingerprint density at radius 2 is 2.03 bits per heavy atom. The van der Waals surface area contributed by atoms with Crippen LogP contribution in [0.3, 0.4) is 0 Å². The number of aromatic nitrogens is 2. The van der Waals surface area contributed by atoms with Crippen LogP contribution in [0.25, 0.3) is 0 Å². The lowest BCUT2D eigenvalue weighted by Crippen LogP contribution is -2.45. The number of benzene rings is 1. The lowest BCUT2D eigenvalue weighted by Gasteiger charge is -2.37. The van der Waals surface area contributed by atoms with Crippen molar-refractivity contribution in [1.29, 1.82) is 0 Å². The fourth-order valence-electron chi connectivity index (χ4n) is 3.42. The first-order valence-corrected chi connectivity index (χ1v) is 14.2. The third-order valence-electron chi connectivity index (χ3n) is 6.38. The number of carbonyl (C=O) groups is 1. The molecule has 3 N–H and O–H groups in total. The second-order valence-electron chi connectivity index (χ2n) is 9.94. The summed E-state index contributed by atoms with van der Waals surface area (Å²) in [6.45, 7) is 13.2. The van der Waals surface area contributed by atoms with Gasteiger partial charge in [-0.2, -0.15) is 4.98 Å². The van der Waals surface area contributed by atoms with E-state index in [1.165, 1.54) is 6.20 Å². The average molecular weight is 477 g/mol. The summed E-state index contributed by atoms with van der Waals surface area (Å²) in [5.74, 6) is -0.0305. The number of carbonyl (C=O) groups excluding carboxylic acids is 1. The lowest BCUT2D eigenvalue weighted by molar-refractivity contribution is 0.0924. The predicted molar refractivity (Wildman–Crippen MR) is 130 cm³/mol. The molecule has 3 rings (SSSR count). The van der Waals surface area contributed by atoms with Crippen molar-refractivity contribution < 1.29 is 14.3 Å². The molecule has 0 bridgehead atoms. The maximum atomic E-state index is 13.0. The molecule has 1 aromatic heterocycles. The highest BCUT2D eigenvalue weighted by molar-refractivity contribution is 6.74. The summed E-state index contributed by atoms with van der Waals surface area (Å²) in [6, 6.07) is 7.25. The molecule has 3 atom stereocenters. The molecule has 0 aliphatic heterocycles. The number of nitrogens with zero attached hydrogens (tertiary/aromatic N) is 2. The van der Waals surface area contributed by atoms with Crippen LogP contribution < -0.4 is 10.6 Å². The second kappa shape index (κ2) is 9.47. The first-order valence-electron chi connectivity index (χ1n) is 10.9. The zero-order valence-electron chi connectivity index (χ0n) is 19.6. The summed E-state index contributed by atoms with van der Waals surface area (Å²) >= 11 is 6.02. The Morgan fingerprint density at radius 1 is 1.34 bits per heavy atom. The maximum Gasteiger partial charge on any atom is 0.256 e. The van der Waals surface area contributed by atoms with Crippen molar-refractivity contribution in [2.45, 2.75) is 70.4 Å². The highest BCUT2D eigenvalue weighted by Gasteiger charge is 2.37. The van der Waals surface area contributed by atoms with E-state index in [1.807, 2.05) is 31.2 Å². The van der Waals surface area contributed by atoms with Gasteiger partial charge in [0.1, 0.15) is 11.4 Å². The number of amides is 1. The molecule has 1 amide bonds. The summed E-state index contributed by atoms with van der Waals surface area (Å²) in [4.78, 5) is 21.3. The molecule has 0 saturated carbocycles. The Kier molecular flexibility index (Phi) is 7.29. The normalized spacial score (nSPS) is 19.4. The van der Waals surface area contributed by atoms with Gasteiger partial charge in [-0.25, -0.2) is 4.98 Å². The molecule has 1 aromatic carbocycles. The Labute approximate surface area is 196 Å². The van der Waals surface area contributed by atoms with E-state index in [2.05, 4.69) is 54.5 Å². The summed E-state index contributed by atoms with van der Waals surface area (Å²) in [7, 11) is -1.92. The molecule has 0 saturated heterocycles. The van der Waals surface area contributed by atoms with Gasteiger partial charge in [0.25, 0.3) is 5.91 Å². The molecule has 0 unspecified atom stereocenters. The minimum absolute atomic E-state index is 0.0270. The predicted octanol–water partition coefficient (Wildman–Crippen LogP) is 4.34. The van der Waals surface area contributed by atoms with Gasteiger partial charge in [-0.15, -0.1) is 0 Å². The van der Waals surface area contributed by atoms with Crippen LogP contribution in [0.1, 0.15) is 55.2 Å². The van der Waals surface area contributed by atoms with Crippen molar-refractivity contribution in [1.82, 2.24) is 15.3 Å². The fourth-order valence-corrected chi connectivity index (χ4v) is 4.66. The molecule has 2 aromatic rings. The largest absolute Gasteiger partial charge is 0.415 e. The number of halogens is 1. The SMILES string of the molecule is C[C@@H](CO[Si](C)(C)C(C)(C)C)NC(=O)c1cnc(Cl)nc1N[C@H]1c2ccccc2C[C@H]1O. The molecule has 0 radical (unpaired) electrons. The number of rotatable bonds is 7. The number of fused-ring (bicyclic) bond motifs is 1. The Hall–Kier alpha value is -2.00. The van der Waals surface area contributed by atoms with Crippen molar-refractivity contribution in [3.05, 3.63) is 52.4 Å². The van der Waals surface area contributed by atoms with Crippen molar-refractivity contribution in [3.8, 4) is 0 Å². The van der Waals surface area contributed by atoms with E-state index in [0.717, 1.165) is 11.1 Å². The van der Waals surface area contributed by atoms with Crippen LogP contribution in [0.5, 0.6) is 0 Å². The van der Waals surface area contributed by atoms with Crippen LogP contribution in [0.4, 0.5) is 5.82 Å². The van der Waals surface area contributed by atoms with Crippen LogP contribution >= 0.6 is 11.6 Å². The Bertz CT molecular complexity index is 980. The molecule has 9 heteroatoms. The Morgan fingerprint density at radius 3 is 2.72 bits per heavy atom. The highest BCUT2D eigenvalue weighted by Crippen LogP contribution is 2.37. The van der Waals surface area contributed by atoms with E-state index in [9.17, 15) is 9.90 Å². The molecular formula is C23H33ClN4O3Si. The number of hydrogen-bond donors (Lipinski definition) is 3. The van der Waals surface area contributed by atoms with Gasteiger partial charge in [0.05, 0.1) is 18.8 Å². The standard InChI is InChI=1S/C23H33ClN4O3Si/c1-14(13-31-32(5,6)23(2,3)4)26-21(30)17-12-25-22(24)28-20(17)27-19-16-10-8-7-9-15(16)11-18(19)29/h7-10,12,14,18-19,29H,11,13H2,1-6H3,(H,26,30)(H,25,27,28)/t14-,18+,19-/m0/s1. The van der Waals surface area contributed by atoms with E-state index in [4.69, 9.17) is 16.0 Å². The lowest BCUT2D eigenvalue weighted by atomic mass is 10.1. The number of nitrogens with one attached hydrogen (secondary N) is 2. The van der Waals surface area contributed by atoms with E-state index >= 15 is 0 Å². The zero-order chi connectivity index (χ0) is 23.7. The van der Waals surface area contributed by atoms with Crippen LogP contribution in [-0.2, 0) is 10.8 Å². The number of anilines is 1. The number of hydrogen-bond acceptors (Lipinski definition) is 6. The average Bonchev–Trinajstić information content (AvgIpc) is 3.01. The summed E-state index contributed by atoms with van der Waals surface area (Å²) in [6.07, 6.45) is 1.31. The van der Waals surface area contributed by atoms with Gasteiger partial charge in [0.15, 0.2) is 8.32 Å². The van der Waals surface area contributed by atoms with Crippen molar-refractivity contribution in [2.24, 2.45) is 0 Å². The fraction of sp³-hybridized carbons (Fsp3) is 0.522. The smallest absolute Gasteiger partial charge is 0.256 e. The van der Waals surface area contributed by atoms with Gasteiger partial charge >= 0.3 is 0 Å². The number of aliphatic hydroxyl groups is 1. The summed E-state index contributed by atoms with van der Waals surface area (Å²) in [5.41, 5.74) is 2.32. The minimum atomic E-state index is -1.92. The van der Waals surface area contributed by atoms with Gasteiger partial charge in [-0.05, 0) is 47.8 Å². The highest BCUT2D eigenvalue weighted by atomic mass is 35.5. The van der Waals surface area contributed by atoms with Gasteiger partial charge in [-0.1, -0.05) is 45.0 Å². The molecule has 1 aliphatic carbocycles. The van der Waals surface area contributed by atoms with Gasteiger partial charge < -0.3 is 20.2 Å². The summed E-state index contributed by atoms with van der Waals surface area (Å²) in [5, 5.41) is 16.9. The van der Waals surface area contributed by atoms with Gasteiger partial charge in [-0.3, -0.25) is 4.79 Å². The van der Waals surface area contributed by atoms with Crippen molar-refractivity contribution in [3.63, 3.8) is 0 Å². The molecule has 7 nitrogen and oxygen atoms in total. The van der Waals surface area contributed by atoms with Crippen LogP contribution in [0, 0.1) is 0 Å². The van der Waals surface area contributed by atoms with E-state index < -0.39 is 14.4 Å². The van der Waals surface area contributed by atoms with Crippen LogP contribution in [-0.4, -0.2) is 48.1 Å².